The molecule has 0 bridgehead atoms. The molecule has 2 aliphatic heterocycles. The average molecular weight is 387 g/mol. The Morgan fingerprint density at radius 2 is 1.89 bits per heavy atom. The molecular formula is C23H38N4O. The summed E-state index contributed by atoms with van der Waals surface area (Å²) in [6, 6.07) is 11.5. The highest BCUT2D eigenvalue weighted by molar-refractivity contribution is 5.78. The van der Waals surface area contributed by atoms with Crippen LogP contribution in [0.25, 0.3) is 0 Å². The van der Waals surface area contributed by atoms with E-state index in [1.165, 1.54) is 38.0 Å². The molecule has 0 saturated carbocycles. The van der Waals surface area contributed by atoms with E-state index in [0.717, 1.165) is 45.4 Å². The molecule has 0 aliphatic carbocycles. The first-order valence-electron chi connectivity index (χ1n) is 11.1. The first-order valence-corrected chi connectivity index (χ1v) is 11.1. The van der Waals surface area contributed by atoms with E-state index in [2.05, 4.69) is 45.4 Å². The molecule has 2 saturated heterocycles. The molecule has 0 radical (unpaired) electrons. The van der Waals surface area contributed by atoms with Gasteiger partial charge >= 0.3 is 0 Å². The third-order valence-corrected chi connectivity index (χ3v) is 6.51. The van der Waals surface area contributed by atoms with Crippen LogP contribution in [0.4, 0.5) is 0 Å². The molecule has 1 atom stereocenters. The standard InChI is InChI=1S/C23H38N4O/c1-24-13-18-25(2)23(28)21-9-6-14-27(19-21)22-11-16-26(17-12-22)15-10-20-7-4-3-5-8-20/h3-5,7-8,21-22,24H,6,9-19H2,1-2H3. The number of likely N-dealkylation sites (N-methyl/N-ethyl adjacent to an activating group) is 2. The van der Waals surface area contributed by atoms with Crippen LogP contribution in [0.1, 0.15) is 31.2 Å². The van der Waals surface area contributed by atoms with Crippen LogP contribution in [0.2, 0.25) is 0 Å². The van der Waals surface area contributed by atoms with Crippen molar-refractivity contribution in [3.63, 3.8) is 0 Å². The second-order valence-electron chi connectivity index (χ2n) is 8.51. The van der Waals surface area contributed by atoms with Gasteiger partial charge in [0.2, 0.25) is 5.91 Å². The van der Waals surface area contributed by atoms with Crippen LogP contribution in [0.15, 0.2) is 30.3 Å². The predicted octanol–water partition coefficient (Wildman–Crippen LogP) is 2.08. The second kappa shape index (κ2) is 10.9. The lowest BCUT2D eigenvalue weighted by Gasteiger charge is -2.42. The molecule has 2 aliphatic rings. The minimum absolute atomic E-state index is 0.187. The minimum Gasteiger partial charge on any atom is -0.344 e. The Kier molecular flexibility index (Phi) is 8.31. The number of rotatable bonds is 8. The molecule has 1 N–H and O–H groups in total. The maximum Gasteiger partial charge on any atom is 0.226 e. The fraction of sp³-hybridized carbons (Fsp3) is 0.696. The van der Waals surface area contributed by atoms with E-state index in [1.807, 2.05) is 19.0 Å². The molecule has 2 fully saturated rings. The Bertz CT molecular complexity index is 586. The number of piperidine rings is 2. The number of nitrogens with zero attached hydrogens (tertiary/aromatic N) is 3. The number of carbonyl (C=O) groups excluding carboxylic acids is 1. The van der Waals surface area contributed by atoms with Gasteiger partial charge in [-0.25, -0.2) is 0 Å². The predicted molar refractivity (Wildman–Crippen MR) is 115 cm³/mol. The average Bonchev–Trinajstić information content (AvgIpc) is 2.76. The van der Waals surface area contributed by atoms with Gasteiger partial charge < -0.3 is 15.1 Å². The molecule has 1 unspecified atom stereocenters. The second-order valence-corrected chi connectivity index (χ2v) is 8.51. The first-order chi connectivity index (χ1) is 13.7. The molecule has 156 valence electrons. The van der Waals surface area contributed by atoms with Crippen molar-refractivity contribution < 1.29 is 4.79 Å². The van der Waals surface area contributed by atoms with Crippen molar-refractivity contribution >= 4 is 5.91 Å². The van der Waals surface area contributed by atoms with Crippen molar-refractivity contribution in [1.82, 2.24) is 20.0 Å². The van der Waals surface area contributed by atoms with Gasteiger partial charge in [-0.1, -0.05) is 30.3 Å². The normalized spacial score (nSPS) is 22.3. The molecule has 28 heavy (non-hydrogen) atoms. The molecule has 1 aromatic carbocycles. The van der Waals surface area contributed by atoms with Crippen LogP contribution in [0, 0.1) is 5.92 Å². The summed E-state index contributed by atoms with van der Waals surface area (Å²) in [5.74, 6) is 0.520. The fourth-order valence-corrected chi connectivity index (χ4v) is 4.68. The zero-order valence-corrected chi connectivity index (χ0v) is 17.8. The van der Waals surface area contributed by atoms with Gasteiger partial charge in [0.15, 0.2) is 0 Å². The molecule has 0 spiro atoms. The summed E-state index contributed by atoms with van der Waals surface area (Å²) in [6.45, 7) is 7.32. The van der Waals surface area contributed by atoms with Crippen molar-refractivity contribution in [1.29, 1.82) is 0 Å². The SMILES string of the molecule is CNCCN(C)C(=O)C1CCCN(C2CCN(CCc3ccccc3)CC2)C1. The van der Waals surface area contributed by atoms with Crippen LogP contribution >= 0.6 is 0 Å². The number of amides is 1. The summed E-state index contributed by atoms with van der Waals surface area (Å²) in [5.41, 5.74) is 1.43. The van der Waals surface area contributed by atoms with Crippen LogP contribution in [0.3, 0.4) is 0 Å². The summed E-state index contributed by atoms with van der Waals surface area (Å²) in [7, 11) is 3.89. The first kappa shape index (κ1) is 21.3. The van der Waals surface area contributed by atoms with Gasteiger partial charge in [0.05, 0.1) is 5.92 Å². The Morgan fingerprint density at radius 3 is 2.61 bits per heavy atom. The Hall–Kier alpha value is -1.43. The van der Waals surface area contributed by atoms with Crippen LogP contribution < -0.4 is 5.32 Å². The van der Waals surface area contributed by atoms with Gasteiger partial charge in [-0.15, -0.1) is 0 Å². The van der Waals surface area contributed by atoms with Gasteiger partial charge in [0.1, 0.15) is 0 Å². The summed E-state index contributed by atoms with van der Waals surface area (Å²) in [6.07, 6.45) is 5.83. The Labute approximate surface area is 171 Å². The van der Waals surface area contributed by atoms with Crippen molar-refractivity contribution in [3.05, 3.63) is 35.9 Å². The summed E-state index contributed by atoms with van der Waals surface area (Å²) in [5, 5.41) is 3.13. The topological polar surface area (TPSA) is 38.8 Å². The number of nitrogens with one attached hydrogen (secondary N) is 1. The van der Waals surface area contributed by atoms with E-state index in [0.29, 0.717) is 11.9 Å². The van der Waals surface area contributed by atoms with Gasteiger partial charge in [-0.2, -0.15) is 0 Å². The minimum atomic E-state index is 0.187. The van der Waals surface area contributed by atoms with Gasteiger partial charge in [0.25, 0.3) is 0 Å². The molecule has 5 heteroatoms. The Balaban J connectivity index is 1.41. The maximum absolute atomic E-state index is 12.8. The molecule has 0 aromatic heterocycles. The van der Waals surface area contributed by atoms with Gasteiger partial charge in [0, 0.05) is 39.3 Å². The fourth-order valence-electron chi connectivity index (χ4n) is 4.68. The summed E-state index contributed by atoms with van der Waals surface area (Å²) >= 11 is 0. The molecule has 1 amide bonds. The van der Waals surface area contributed by atoms with E-state index in [1.54, 1.807) is 0 Å². The van der Waals surface area contributed by atoms with Crippen molar-refractivity contribution in [3.8, 4) is 0 Å². The number of hydrogen-bond acceptors (Lipinski definition) is 4. The quantitative estimate of drug-likeness (QED) is 0.743. The highest BCUT2D eigenvalue weighted by Gasteiger charge is 2.32. The third-order valence-electron chi connectivity index (χ3n) is 6.51. The van der Waals surface area contributed by atoms with Crippen LogP contribution in [0.5, 0.6) is 0 Å². The van der Waals surface area contributed by atoms with E-state index >= 15 is 0 Å². The Morgan fingerprint density at radius 1 is 1.14 bits per heavy atom. The maximum atomic E-state index is 12.8. The van der Waals surface area contributed by atoms with Crippen LogP contribution in [-0.2, 0) is 11.2 Å². The van der Waals surface area contributed by atoms with Gasteiger partial charge in [-0.05, 0) is 64.3 Å². The van der Waals surface area contributed by atoms with Crippen molar-refractivity contribution in [2.75, 3.05) is 59.9 Å². The third kappa shape index (κ3) is 6.03. The van der Waals surface area contributed by atoms with Gasteiger partial charge in [-0.3, -0.25) is 9.69 Å². The lowest BCUT2D eigenvalue weighted by molar-refractivity contribution is -0.136. The molecule has 3 rings (SSSR count). The van der Waals surface area contributed by atoms with E-state index in [9.17, 15) is 4.79 Å². The largest absolute Gasteiger partial charge is 0.344 e. The molecule has 2 heterocycles. The smallest absolute Gasteiger partial charge is 0.226 e. The van der Waals surface area contributed by atoms with Crippen LogP contribution in [-0.4, -0.2) is 86.6 Å². The number of carbonyl (C=O) groups is 1. The van der Waals surface area contributed by atoms with Crippen molar-refractivity contribution in [2.45, 2.75) is 38.1 Å². The summed E-state index contributed by atoms with van der Waals surface area (Å²) in [4.78, 5) is 19.9. The number of benzene rings is 1. The van der Waals surface area contributed by atoms with E-state index < -0.39 is 0 Å². The monoisotopic (exact) mass is 386 g/mol. The lowest BCUT2D eigenvalue weighted by Crippen LogP contribution is -2.51. The van der Waals surface area contributed by atoms with E-state index in [4.69, 9.17) is 0 Å². The lowest BCUT2D eigenvalue weighted by atomic mass is 9.93. The molecule has 5 nitrogen and oxygen atoms in total. The zero-order chi connectivity index (χ0) is 19.8. The van der Waals surface area contributed by atoms with Crippen molar-refractivity contribution in [2.24, 2.45) is 5.92 Å². The van der Waals surface area contributed by atoms with E-state index in [-0.39, 0.29) is 5.92 Å². The highest BCUT2D eigenvalue weighted by Crippen LogP contribution is 2.25. The molecular weight excluding hydrogens is 348 g/mol. The summed E-state index contributed by atoms with van der Waals surface area (Å²) < 4.78 is 0. The highest BCUT2D eigenvalue weighted by atomic mass is 16.2. The number of likely N-dealkylation sites (tertiary alicyclic amines) is 2. The number of hydrogen-bond donors (Lipinski definition) is 1. The molecule has 1 aromatic rings. The zero-order valence-electron chi connectivity index (χ0n) is 17.8.